The Labute approximate surface area is 210 Å². The number of phenolic OH excluding ortho intramolecular Hbond substituents is 1. The van der Waals surface area contributed by atoms with Crippen LogP contribution in [-0.2, 0) is 4.79 Å². The number of carbonyl (C=O) groups excluding carboxylic acids is 2. The van der Waals surface area contributed by atoms with E-state index in [1.54, 1.807) is 42.5 Å². The quantitative estimate of drug-likeness (QED) is 0.249. The summed E-state index contributed by atoms with van der Waals surface area (Å²) in [5.74, 6) is -1.81. The van der Waals surface area contributed by atoms with Gasteiger partial charge < -0.3 is 30.9 Å². The second kappa shape index (κ2) is 10.5. The van der Waals surface area contributed by atoms with Crippen molar-refractivity contribution in [1.29, 1.82) is 0 Å². The first-order valence-electron chi connectivity index (χ1n) is 10.1. The third kappa shape index (κ3) is 7.02. The number of anilines is 3. The van der Waals surface area contributed by atoms with Crippen LogP contribution in [0.25, 0.3) is 0 Å². The molecule has 182 valence electrons. The van der Waals surface area contributed by atoms with Crippen LogP contribution in [0.4, 0.5) is 21.9 Å². The molecule has 0 saturated heterocycles. The minimum Gasteiger partial charge on any atom is -0.506 e. The number of nitrogens with one attached hydrogen (secondary N) is 3. The summed E-state index contributed by atoms with van der Waals surface area (Å²) in [6.07, 6.45) is 0. The van der Waals surface area contributed by atoms with Gasteiger partial charge in [-0.15, -0.1) is 0 Å². The number of hydrogen-bond donors (Lipinski definition) is 5. The highest BCUT2D eigenvalue weighted by molar-refractivity contribution is 6.35. The van der Waals surface area contributed by atoms with Crippen molar-refractivity contribution in [2.75, 3.05) is 16.0 Å². The zero-order valence-corrected chi connectivity index (χ0v) is 20.1. The lowest BCUT2D eigenvalue weighted by atomic mass is 10.1. The fourth-order valence-corrected chi connectivity index (χ4v) is 3.44. The standard InChI is InChI=1S/C24H21Cl2N3O6/c1-24(2,22(33)29-19-8-3-13(21(31)32)9-20(19)30)35-18-6-4-16(5-7-18)27-23(34)28-17-11-14(25)10-15(26)12-17/h3-12,30H,1-2H3,(H,29,33)(H,31,32)(H2,27,28,34). The molecule has 0 aliphatic carbocycles. The number of amides is 3. The number of carboxylic acids is 1. The molecule has 0 aliphatic heterocycles. The molecule has 3 rings (SSSR count). The van der Waals surface area contributed by atoms with Crippen LogP contribution in [0.15, 0.2) is 60.7 Å². The molecule has 3 aromatic carbocycles. The van der Waals surface area contributed by atoms with Crippen LogP contribution in [0, 0.1) is 0 Å². The van der Waals surface area contributed by atoms with E-state index in [0.717, 1.165) is 6.07 Å². The van der Waals surface area contributed by atoms with E-state index in [1.165, 1.54) is 26.0 Å². The van der Waals surface area contributed by atoms with Gasteiger partial charge in [-0.05, 0) is 74.5 Å². The number of carbonyl (C=O) groups is 3. The molecule has 0 heterocycles. The number of rotatable bonds is 7. The largest absolute Gasteiger partial charge is 0.506 e. The predicted octanol–water partition coefficient (Wildman–Crippen LogP) is 5.84. The van der Waals surface area contributed by atoms with Gasteiger partial charge in [-0.1, -0.05) is 23.2 Å². The number of aromatic carboxylic acids is 1. The average molecular weight is 518 g/mol. The molecule has 0 spiro atoms. The van der Waals surface area contributed by atoms with Crippen molar-refractivity contribution in [1.82, 2.24) is 0 Å². The Morgan fingerprint density at radius 2 is 1.43 bits per heavy atom. The van der Waals surface area contributed by atoms with Crippen molar-refractivity contribution >= 4 is 58.2 Å². The Morgan fingerprint density at radius 3 is 2.00 bits per heavy atom. The van der Waals surface area contributed by atoms with Gasteiger partial charge in [-0.3, -0.25) is 4.79 Å². The van der Waals surface area contributed by atoms with Crippen LogP contribution in [0.5, 0.6) is 11.5 Å². The van der Waals surface area contributed by atoms with Gasteiger partial charge in [0.1, 0.15) is 11.5 Å². The van der Waals surface area contributed by atoms with E-state index in [-0.39, 0.29) is 17.0 Å². The van der Waals surface area contributed by atoms with E-state index in [9.17, 15) is 19.5 Å². The number of ether oxygens (including phenoxy) is 1. The van der Waals surface area contributed by atoms with Gasteiger partial charge in [0.2, 0.25) is 0 Å². The smallest absolute Gasteiger partial charge is 0.335 e. The summed E-state index contributed by atoms with van der Waals surface area (Å²) >= 11 is 11.8. The normalized spacial score (nSPS) is 10.9. The molecule has 0 atom stereocenters. The Kier molecular flexibility index (Phi) is 7.73. The molecule has 11 heteroatoms. The zero-order chi connectivity index (χ0) is 25.8. The van der Waals surface area contributed by atoms with Crippen molar-refractivity contribution in [2.45, 2.75) is 19.4 Å². The Morgan fingerprint density at radius 1 is 0.829 bits per heavy atom. The van der Waals surface area contributed by atoms with E-state index in [1.807, 2.05) is 0 Å². The van der Waals surface area contributed by atoms with Crippen LogP contribution in [0.1, 0.15) is 24.2 Å². The molecule has 0 aromatic heterocycles. The highest BCUT2D eigenvalue weighted by Crippen LogP contribution is 2.27. The summed E-state index contributed by atoms with van der Waals surface area (Å²) in [5.41, 5.74) is -0.529. The van der Waals surface area contributed by atoms with Gasteiger partial charge in [-0.25, -0.2) is 9.59 Å². The second-order valence-electron chi connectivity index (χ2n) is 7.87. The van der Waals surface area contributed by atoms with Gasteiger partial charge in [0.15, 0.2) is 5.60 Å². The fourth-order valence-electron chi connectivity index (χ4n) is 2.91. The topological polar surface area (TPSA) is 137 Å². The van der Waals surface area contributed by atoms with Gasteiger partial charge in [0.05, 0.1) is 11.3 Å². The van der Waals surface area contributed by atoms with Crippen molar-refractivity contribution in [2.24, 2.45) is 0 Å². The Balaban J connectivity index is 1.60. The van der Waals surface area contributed by atoms with Gasteiger partial charge in [-0.2, -0.15) is 0 Å². The van der Waals surface area contributed by atoms with E-state index in [4.69, 9.17) is 33.0 Å². The Bertz CT molecular complexity index is 1260. The number of carboxylic acid groups (broad SMARTS) is 1. The summed E-state index contributed by atoms with van der Waals surface area (Å²) in [6, 6.07) is 14.0. The van der Waals surface area contributed by atoms with E-state index in [0.29, 0.717) is 27.2 Å². The molecule has 0 fully saturated rings. The summed E-state index contributed by atoms with van der Waals surface area (Å²) in [4.78, 5) is 35.9. The first-order valence-corrected chi connectivity index (χ1v) is 10.9. The number of hydrogen-bond acceptors (Lipinski definition) is 5. The monoisotopic (exact) mass is 517 g/mol. The van der Waals surface area contributed by atoms with Crippen LogP contribution in [0.3, 0.4) is 0 Å². The molecule has 3 aromatic rings. The molecule has 0 saturated carbocycles. The first kappa shape index (κ1) is 25.7. The number of halogens is 2. The van der Waals surface area contributed by atoms with Gasteiger partial charge in [0, 0.05) is 21.4 Å². The van der Waals surface area contributed by atoms with Crippen molar-refractivity contribution in [3.8, 4) is 11.5 Å². The van der Waals surface area contributed by atoms with Crippen molar-refractivity contribution in [3.05, 3.63) is 76.3 Å². The molecule has 0 aliphatic rings. The highest BCUT2D eigenvalue weighted by atomic mass is 35.5. The molecule has 35 heavy (non-hydrogen) atoms. The lowest BCUT2D eigenvalue weighted by Crippen LogP contribution is -2.42. The molecule has 0 radical (unpaired) electrons. The molecule has 5 N–H and O–H groups in total. The summed E-state index contributed by atoms with van der Waals surface area (Å²) in [5, 5.41) is 27.5. The minimum atomic E-state index is -1.35. The third-order valence-electron chi connectivity index (χ3n) is 4.65. The summed E-state index contributed by atoms with van der Waals surface area (Å²) in [6.45, 7) is 3.06. The molecule has 9 nitrogen and oxygen atoms in total. The predicted molar refractivity (Wildman–Crippen MR) is 134 cm³/mol. The van der Waals surface area contributed by atoms with Crippen LogP contribution >= 0.6 is 23.2 Å². The lowest BCUT2D eigenvalue weighted by Gasteiger charge is -2.25. The number of aromatic hydroxyl groups is 1. The maximum absolute atomic E-state index is 12.7. The van der Waals surface area contributed by atoms with E-state index < -0.39 is 23.5 Å². The minimum absolute atomic E-state index is 0.0447. The molecular formula is C24H21Cl2N3O6. The molecule has 0 unspecified atom stereocenters. The van der Waals surface area contributed by atoms with Crippen molar-refractivity contribution < 1.29 is 29.3 Å². The zero-order valence-electron chi connectivity index (χ0n) is 18.6. The Hall–Kier alpha value is -3.95. The number of urea groups is 1. The van der Waals surface area contributed by atoms with E-state index in [2.05, 4.69) is 16.0 Å². The SMILES string of the molecule is CC(C)(Oc1ccc(NC(=O)Nc2cc(Cl)cc(Cl)c2)cc1)C(=O)Nc1ccc(C(=O)O)cc1O. The van der Waals surface area contributed by atoms with Gasteiger partial charge >= 0.3 is 12.0 Å². The van der Waals surface area contributed by atoms with E-state index >= 15 is 0 Å². The molecule has 3 amide bonds. The second-order valence-corrected chi connectivity index (χ2v) is 8.74. The lowest BCUT2D eigenvalue weighted by molar-refractivity contribution is -0.128. The third-order valence-corrected chi connectivity index (χ3v) is 5.08. The van der Waals surface area contributed by atoms with Crippen LogP contribution < -0.4 is 20.7 Å². The van der Waals surface area contributed by atoms with Gasteiger partial charge in [0.25, 0.3) is 5.91 Å². The van der Waals surface area contributed by atoms with Crippen LogP contribution in [0.2, 0.25) is 10.0 Å². The molecular weight excluding hydrogens is 497 g/mol. The fraction of sp³-hybridized carbons (Fsp3) is 0.125. The highest BCUT2D eigenvalue weighted by Gasteiger charge is 2.30. The number of benzene rings is 3. The number of phenols is 1. The maximum Gasteiger partial charge on any atom is 0.335 e. The van der Waals surface area contributed by atoms with Crippen molar-refractivity contribution in [3.63, 3.8) is 0 Å². The van der Waals surface area contributed by atoms with Crippen LogP contribution in [-0.4, -0.2) is 33.7 Å². The molecule has 0 bridgehead atoms. The summed E-state index contributed by atoms with van der Waals surface area (Å²) in [7, 11) is 0. The average Bonchev–Trinajstić information content (AvgIpc) is 2.75. The maximum atomic E-state index is 12.7. The first-order chi connectivity index (χ1) is 16.4. The summed E-state index contributed by atoms with van der Waals surface area (Å²) < 4.78 is 5.77.